The number of benzene rings is 1. The molecule has 0 amide bonds. The zero-order valence-electron chi connectivity index (χ0n) is 9.23. The first-order valence-electron chi connectivity index (χ1n) is 5.18. The number of carbonyl (C=O) groups is 2. The second kappa shape index (κ2) is 5.90. The van der Waals surface area contributed by atoms with Gasteiger partial charge in [-0.1, -0.05) is 12.1 Å². The highest BCUT2D eigenvalue weighted by atomic mass is 16.5. The van der Waals surface area contributed by atoms with Crippen molar-refractivity contribution in [3.05, 3.63) is 29.3 Å². The largest absolute Gasteiger partial charge is 0.462 e. The molecular weight excluding hydrogens is 206 g/mol. The molecule has 16 heavy (non-hydrogen) atoms. The lowest BCUT2D eigenvalue weighted by atomic mass is 10.0. The standard InChI is InChI=1S/C12H15NO3/c1-2-16-12(15)10-7-3-5-9(11(10)13)6-4-8-14/h3,5,7-8H,2,4,6,13H2,1H3. The van der Waals surface area contributed by atoms with Crippen molar-refractivity contribution in [2.75, 3.05) is 12.3 Å². The van der Waals surface area contributed by atoms with Gasteiger partial charge in [0, 0.05) is 12.1 Å². The number of hydrogen-bond acceptors (Lipinski definition) is 4. The van der Waals surface area contributed by atoms with E-state index in [0.717, 1.165) is 11.8 Å². The summed E-state index contributed by atoms with van der Waals surface area (Å²) in [5, 5.41) is 0. The van der Waals surface area contributed by atoms with Gasteiger partial charge in [-0.3, -0.25) is 0 Å². The molecule has 0 aromatic heterocycles. The van der Waals surface area contributed by atoms with Gasteiger partial charge in [-0.2, -0.15) is 0 Å². The fourth-order valence-electron chi connectivity index (χ4n) is 1.43. The van der Waals surface area contributed by atoms with Crippen LogP contribution in [0.15, 0.2) is 18.2 Å². The first-order chi connectivity index (χ1) is 7.70. The number of para-hydroxylation sites is 1. The van der Waals surface area contributed by atoms with E-state index < -0.39 is 5.97 Å². The van der Waals surface area contributed by atoms with Crippen molar-refractivity contribution in [2.24, 2.45) is 0 Å². The van der Waals surface area contributed by atoms with Gasteiger partial charge in [0.05, 0.1) is 12.2 Å². The van der Waals surface area contributed by atoms with E-state index in [4.69, 9.17) is 10.5 Å². The molecule has 0 saturated heterocycles. The van der Waals surface area contributed by atoms with E-state index in [1.54, 1.807) is 19.1 Å². The third-order valence-electron chi connectivity index (χ3n) is 2.22. The molecule has 2 N–H and O–H groups in total. The Morgan fingerprint density at radius 2 is 2.25 bits per heavy atom. The van der Waals surface area contributed by atoms with E-state index in [-0.39, 0.29) is 0 Å². The summed E-state index contributed by atoms with van der Waals surface area (Å²) in [4.78, 5) is 21.8. The minimum absolute atomic E-state index is 0.316. The Balaban J connectivity index is 2.93. The van der Waals surface area contributed by atoms with Crippen molar-refractivity contribution >= 4 is 17.9 Å². The zero-order chi connectivity index (χ0) is 12.0. The summed E-state index contributed by atoms with van der Waals surface area (Å²) in [5.41, 5.74) is 7.41. The summed E-state index contributed by atoms with van der Waals surface area (Å²) in [5.74, 6) is -0.423. The molecule has 0 fully saturated rings. The Bertz CT molecular complexity index is 388. The summed E-state index contributed by atoms with van der Waals surface area (Å²) < 4.78 is 4.88. The molecular formula is C12H15NO3. The molecule has 1 rings (SSSR count). The number of anilines is 1. The van der Waals surface area contributed by atoms with E-state index in [1.165, 1.54) is 0 Å². The first kappa shape index (κ1) is 12.2. The van der Waals surface area contributed by atoms with E-state index >= 15 is 0 Å². The second-order valence-electron chi connectivity index (χ2n) is 3.30. The lowest BCUT2D eigenvalue weighted by Gasteiger charge is -2.09. The highest BCUT2D eigenvalue weighted by molar-refractivity contribution is 5.95. The van der Waals surface area contributed by atoms with Crippen LogP contribution in [0.1, 0.15) is 29.3 Å². The fraction of sp³-hybridized carbons (Fsp3) is 0.333. The lowest BCUT2D eigenvalue weighted by Crippen LogP contribution is -2.09. The number of nitrogen functional groups attached to an aromatic ring is 1. The smallest absolute Gasteiger partial charge is 0.340 e. The fourth-order valence-corrected chi connectivity index (χ4v) is 1.43. The van der Waals surface area contributed by atoms with E-state index in [1.807, 2.05) is 6.07 Å². The maximum absolute atomic E-state index is 11.5. The molecule has 4 heteroatoms. The molecule has 0 radical (unpaired) electrons. The molecule has 0 spiro atoms. The van der Waals surface area contributed by atoms with Crippen molar-refractivity contribution in [1.29, 1.82) is 0 Å². The summed E-state index contributed by atoms with van der Waals surface area (Å²) in [6.07, 6.45) is 1.77. The third-order valence-corrected chi connectivity index (χ3v) is 2.22. The summed E-state index contributed by atoms with van der Waals surface area (Å²) in [6, 6.07) is 5.17. The van der Waals surface area contributed by atoms with Crippen LogP contribution in [-0.2, 0) is 16.0 Å². The number of rotatable bonds is 5. The molecule has 86 valence electrons. The Kier molecular flexibility index (Phi) is 4.51. The Labute approximate surface area is 94.4 Å². The normalized spacial score (nSPS) is 9.81. The Morgan fingerprint density at radius 1 is 1.50 bits per heavy atom. The number of esters is 1. The Morgan fingerprint density at radius 3 is 2.88 bits per heavy atom. The first-order valence-corrected chi connectivity index (χ1v) is 5.18. The van der Waals surface area contributed by atoms with Gasteiger partial charge in [-0.15, -0.1) is 0 Å². The molecule has 4 nitrogen and oxygen atoms in total. The number of ether oxygens (including phenoxy) is 1. The van der Waals surface area contributed by atoms with Crippen LogP contribution in [0.2, 0.25) is 0 Å². The maximum Gasteiger partial charge on any atom is 0.340 e. The molecule has 0 bridgehead atoms. The summed E-state index contributed by atoms with van der Waals surface area (Å²) in [6.45, 7) is 2.06. The number of hydrogen-bond donors (Lipinski definition) is 1. The van der Waals surface area contributed by atoms with Gasteiger partial charge >= 0.3 is 5.97 Å². The average Bonchev–Trinajstić information content (AvgIpc) is 2.28. The highest BCUT2D eigenvalue weighted by Gasteiger charge is 2.12. The molecule has 1 aromatic rings. The van der Waals surface area contributed by atoms with Crippen molar-refractivity contribution in [1.82, 2.24) is 0 Å². The third kappa shape index (κ3) is 2.82. The molecule has 0 heterocycles. The van der Waals surface area contributed by atoms with Gasteiger partial charge < -0.3 is 15.3 Å². The van der Waals surface area contributed by atoms with Crippen LogP contribution in [0.4, 0.5) is 5.69 Å². The Hall–Kier alpha value is -1.84. The maximum atomic E-state index is 11.5. The minimum Gasteiger partial charge on any atom is -0.462 e. The van der Waals surface area contributed by atoms with Crippen molar-refractivity contribution in [3.8, 4) is 0 Å². The van der Waals surface area contributed by atoms with E-state index in [2.05, 4.69) is 0 Å². The van der Waals surface area contributed by atoms with Crippen LogP contribution in [0.25, 0.3) is 0 Å². The average molecular weight is 221 g/mol. The number of aldehydes is 1. The van der Waals surface area contributed by atoms with Crippen LogP contribution in [0.3, 0.4) is 0 Å². The molecule has 0 saturated carbocycles. The van der Waals surface area contributed by atoms with Gasteiger partial charge in [0.25, 0.3) is 0 Å². The van der Waals surface area contributed by atoms with Crippen molar-refractivity contribution in [3.63, 3.8) is 0 Å². The van der Waals surface area contributed by atoms with Crippen LogP contribution in [-0.4, -0.2) is 18.9 Å². The van der Waals surface area contributed by atoms with Crippen LogP contribution < -0.4 is 5.73 Å². The second-order valence-corrected chi connectivity index (χ2v) is 3.30. The van der Waals surface area contributed by atoms with Crippen LogP contribution >= 0.6 is 0 Å². The molecule has 0 aliphatic heterocycles. The number of aryl methyl sites for hydroxylation is 1. The quantitative estimate of drug-likeness (QED) is 0.465. The molecule has 0 aliphatic carbocycles. The topological polar surface area (TPSA) is 69.4 Å². The summed E-state index contributed by atoms with van der Waals surface area (Å²) in [7, 11) is 0. The molecule has 0 aliphatic rings. The van der Waals surface area contributed by atoms with Crippen LogP contribution in [0.5, 0.6) is 0 Å². The number of nitrogens with two attached hydrogens (primary N) is 1. The lowest BCUT2D eigenvalue weighted by molar-refractivity contribution is -0.107. The van der Waals surface area contributed by atoms with E-state index in [0.29, 0.717) is 30.7 Å². The van der Waals surface area contributed by atoms with Gasteiger partial charge in [-0.05, 0) is 25.0 Å². The predicted octanol–water partition coefficient (Wildman–Crippen LogP) is 1.58. The molecule has 1 aromatic carbocycles. The van der Waals surface area contributed by atoms with Gasteiger partial charge in [-0.25, -0.2) is 4.79 Å². The zero-order valence-corrected chi connectivity index (χ0v) is 9.23. The van der Waals surface area contributed by atoms with Gasteiger partial charge in [0.2, 0.25) is 0 Å². The highest BCUT2D eigenvalue weighted by Crippen LogP contribution is 2.19. The van der Waals surface area contributed by atoms with E-state index in [9.17, 15) is 9.59 Å². The predicted molar refractivity (Wildman–Crippen MR) is 61.2 cm³/mol. The van der Waals surface area contributed by atoms with Crippen molar-refractivity contribution in [2.45, 2.75) is 19.8 Å². The van der Waals surface area contributed by atoms with Crippen molar-refractivity contribution < 1.29 is 14.3 Å². The summed E-state index contributed by atoms with van der Waals surface area (Å²) >= 11 is 0. The molecule has 0 atom stereocenters. The van der Waals surface area contributed by atoms with Crippen LogP contribution in [0, 0.1) is 0 Å². The minimum atomic E-state index is -0.423. The number of carbonyl (C=O) groups excluding carboxylic acids is 2. The SMILES string of the molecule is CCOC(=O)c1cccc(CCC=O)c1N. The monoisotopic (exact) mass is 221 g/mol. The van der Waals surface area contributed by atoms with Gasteiger partial charge in [0.15, 0.2) is 0 Å². The molecule has 0 unspecified atom stereocenters. The van der Waals surface area contributed by atoms with Gasteiger partial charge in [0.1, 0.15) is 6.29 Å².